The second-order valence-electron chi connectivity index (χ2n) is 3.37. The van der Waals surface area contributed by atoms with Crippen LogP contribution in [0.15, 0.2) is 0 Å². The Kier molecular flexibility index (Phi) is 1.79. The minimum absolute atomic E-state index is 0.311. The maximum atomic E-state index is 10.1. The Bertz CT molecular complexity index is 299. The first-order valence-corrected chi connectivity index (χ1v) is 3.36. The lowest BCUT2D eigenvalue weighted by molar-refractivity contribution is -0.564. The Morgan fingerprint density at radius 1 is 1.50 bits per heavy atom. The molecule has 0 amide bonds. The predicted molar refractivity (Wildman–Crippen MR) is 38.9 cm³/mol. The van der Waals surface area contributed by atoms with Crippen LogP contribution in [0.5, 0.6) is 0 Å². The number of nitro groups is 1. The normalized spacial score (nSPS) is 11.6. The number of hydrogen-bond donors (Lipinski definition) is 0. The molecule has 0 spiro atoms. The molecule has 1 aromatic heterocycles. The Hall–Kier alpha value is -1.53. The quantitative estimate of drug-likeness (QED) is 0.438. The molecule has 0 unspecified atom stereocenters. The van der Waals surface area contributed by atoms with Gasteiger partial charge >= 0.3 is 0 Å². The van der Waals surface area contributed by atoms with Gasteiger partial charge in [0.05, 0.1) is 0 Å². The molecule has 0 N–H and O–H groups in total. The van der Waals surface area contributed by atoms with Crippen LogP contribution in [0.25, 0.3) is 0 Å². The van der Waals surface area contributed by atoms with Gasteiger partial charge < -0.3 is 10.1 Å². The third-order valence-electron chi connectivity index (χ3n) is 1.22. The Morgan fingerprint density at radius 3 is 2.33 bits per heavy atom. The molecule has 0 saturated carbocycles. The van der Waals surface area contributed by atoms with Crippen LogP contribution in [-0.2, 0) is 5.41 Å². The molecule has 12 heavy (non-hydrogen) atoms. The summed E-state index contributed by atoms with van der Waals surface area (Å²) in [5.41, 5.74) is -0.311. The van der Waals surface area contributed by atoms with E-state index in [1.807, 2.05) is 20.8 Å². The molecule has 0 fully saturated rings. The van der Waals surface area contributed by atoms with Gasteiger partial charge in [-0.15, -0.1) is 0 Å². The van der Waals surface area contributed by atoms with Crippen molar-refractivity contribution >= 4 is 0 Å². The minimum atomic E-state index is -0.734. The van der Waals surface area contributed by atoms with Crippen molar-refractivity contribution in [2.24, 2.45) is 0 Å². The van der Waals surface area contributed by atoms with E-state index < -0.39 is 5.03 Å². The van der Waals surface area contributed by atoms with Crippen LogP contribution in [0.4, 0.5) is 0 Å². The van der Waals surface area contributed by atoms with Crippen molar-refractivity contribution in [1.29, 1.82) is 0 Å². The summed E-state index contributed by atoms with van der Waals surface area (Å²) in [6.07, 6.45) is 0. The molecule has 1 heterocycles. The first-order valence-electron chi connectivity index (χ1n) is 3.36. The van der Waals surface area contributed by atoms with Gasteiger partial charge in [-0.05, 0) is 5.10 Å². The Morgan fingerprint density at radius 2 is 2.08 bits per heavy atom. The average Bonchev–Trinajstić information content (AvgIpc) is 2.30. The van der Waals surface area contributed by atoms with Crippen molar-refractivity contribution in [3.63, 3.8) is 0 Å². The molecular weight excluding hydrogens is 162 g/mol. The monoisotopic (exact) mass is 171 g/mol. The molecule has 1 rings (SSSR count). The minimum Gasteiger partial charge on any atom is -0.372 e. The number of nitrogens with zero attached hydrogens (tertiary/aromatic N) is 5. The SMILES string of the molecule is CC(C)(C)c1nnn([N+](=O)[O-])n1. The van der Waals surface area contributed by atoms with Gasteiger partial charge in [0, 0.05) is 15.5 Å². The first kappa shape index (κ1) is 8.57. The Labute approximate surface area is 68.5 Å². The zero-order valence-corrected chi connectivity index (χ0v) is 7.05. The van der Waals surface area contributed by atoms with Crippen molar-refractivity contribution in [1.82, 2.24) is 20.3 Å². The second kappa shape index (κ2) is 2.50. The fourth-order valence-electron chi connectivity index (χ4n) is 0.576. The van der Waals surface area contributed by atoms with E-state index in [2.05, 4.69) is 15.4 Å². The summed E-state index contributed by atoms with van der Waals surface area (Å²) >= 11 is 0. The number of hydrogen-bond acceptors (Lipinski definition) is 5. The standard InChI is InChI=1S/C5H9N5O2/c1-5(2,3)4-6-8-9(7-4)10(11)12/h1-3H3. The molecule has 7 heteroatoms. The van der Waals surface area contributed by atoms with Gasteiger partial charge in [-0.2, -0.15) is 0 Å². The summed E-state index contributed by atoms with van der Waals surface area (Å²) < 4.78 is 0. The molecule has 0 saturated heterocycles. The summed E-state index contributed by atoms with van der Waals surface area (Å²) in [4.78, 5) is 10.5. The van der Waals surface area contributed by atoms with E-state index in [0.29, 0.717) is 10.7 Å². The second-order valence-corrected chi connectivity index (χ2v) is 3.37. The molecule has 1 aromatic rings. The van der Waals surface area contributed by atoms with Crippen molar-refractivity contribution in [3.05, 3.63) is 15.9 Å². The van der Waals surface area contributed by atoms with E-state index in [9.17, 15) is 10.1 Å². The largest absolute Gasteiger partial charge is 0.372 e. The zero-order valence-electron chi connectivity index (χ0n) is 7.05. The third-order valence-corrected chi connectivity index (χ3v) is 1.22. The Balaban J connectivity index is 3.00. The van der Waals surface area contributed by atoms with E-state index >= 15 is 0 Å². The summed E-state index contributed by atoms with van der Waals surface area (Å²) in [7, 11) is 0. The average molecular weight is 171 g/mol. The zero-order chi connectivity index (χ0) is 9.35. The molecular formula is C5H9N5O2. The lowest BCUT2D eigenvalue weighted by atomic mass is 9.96. The molecule has 0 atom stereocenters. The highest BCUT2D eigenvalue weighted by Gasteiger charge is 2.26. The first-order chi connectivity index (χ1) is 5.41. The van der Waals surface area contributed by atoms with E-state index in [-0.39, 0.29) is 5.41 Å². The number of tetrazole rings is 1. The lowest BCUT2D eigenvalue weighted by Gasteiger charge is -2.07. The van der Waals surface area contributed by atoms with Crippen molar-refractivity contribution < 1.29 is 5.03 Å². The van der Waals surface area contributed by atoms with E-state index in [1.54, 1.807) is 0 Å². The fraction of sp³-hybridized carbons (Fsp3) is 0.800. The summed E-state index contributed by atoms with van der Waals surface area (Å²) in [5, 5.41) is 19.8. The van der Waals surface area contributed by atoms with Crippen LogP contribution in [0, 0.1) is 10.1 Å². The van der Waals surface area contributed by atoms with Gasteiger partial charge in [-0.1, -0.05) is 20.8 Å². The van der Waals surface area contributed by atoms with E-state index in [0.717, 1.165) is 0 Å². The maximum absolute atomic E-state index is 10.1. The smallest absolute Gasteiger partial charge is 0.276 e. The van der Waals surface area contributed by atoms with Crippen LogP contribution in [-0.4, -0.2) is 25.3 Å². The molecule has 0 aromatic carbocycles. The highest BCUT2D eigenvalue weighted by atomic mass is 16.7. The van der Waals surface area contributed by atoms with Crippen LogP contribution >= 0.6 is 0 Å². The topological polar surface area (TPSA) is 86.7 Å². The molecule has 0 radical (unpaired) electrons. The van der Waals surface area contributed by atoms with Gasteiger partial charge in [0.1, 0.15) is 5.21 Å². The lowest BCUT2D eigenvalue weighted by Crippen LogP contribution is -2.16. The van der Waals surface area contributed by atoms with Gasteiger partial charge in [-0.3, -0.25) is 0 Å². The van der Waals surface area contributed by atoms with Crippen LogP contribution in [0.2, 0.25) is 0 Å². The van der Waals surface area contributed by atoms with E-state index in [4.69, 9.17) is 0 Å². The van der Waals surface area contributed by atoms with Crippen LogP contribution in [0.3, 0.4) is 0 Å². The van der Waals surface area contributed by atoms with Gasteiger partial charge in [0.15, 0.2) is 4.91 Å². The van der Waals surface area contributed by atoms with Crippen molar-refractivity contribution in [2.45, 2.75) is 26.2 Å². The summed E-state index contributed by atoms with van der Waals surface area (Å²) in [6.45, 7) is 5.57. The molecule has 0 aliphatic rings. The fourth-order valence-corrected chi connectivity index (χ4v) is 0.576. The number of aromatic nitrogens is 4. The van der Waals surface area contributed by atoms with Gasteiger partial charge in [-0.25, -0.2) is 0 Å². The molecule has 66 valence electrons. The summed E-state index contributed by atoms with van der Waals surface area (Å²) in [5.74, 6) is 0.360. The number of rotatable bonds is 1. The highest BCUT2D eigenvalue weighted by Crippen LogP contribution is 2.15. The van der Waals surface area contributed by atoms with Gasteiger partial charge in [0.2, 0.25) is 0 Å². The summed E-state index contributed by atoms with van der Waals surface area (Å²) in [6, 6.07) is 0. The molecule has 0 aliphatic carbocycles. The molecule has 0 aliphatic heterocycles. The van der Waals surface area contributed by atoms with Gasteiger partial charge in [0.25, 0.3) is 5.82 Å². The maximum Gasteiger partial charge on any atom is 0.276 e. The van der Waals surface area contributed by atoms with Crippen LogP contribution < -0.4 is 0 Å². The highest BCUT2D eigenvalue weighted by molar-refractivity contribution is 4.95. The predicted octanol–water partition coefficient (Wildman–Crippen LogP) is 0.0104. The van der Waals surface area contributed by atoms with Crippen molar-refractivity contribution in [2.75, 3.05) is 0 Å². The molecule has 0 bridgehead atoms. The third kappa shape index (κ3) is 1.55. The van der Waals surface area contributed by atoms with Crippen molar-refractivity contribution in [3.8, 4) is 0 Å². The molecule has 7 nitrogen and oxygen atoms in total. The van der Waals surface area contributed by atoms with E-state index in [1.165, 1.54) is 0 Å². The van der Waals surface area contributed by atoms with Crippen LogP contribution in [0.1, 0.15) is 26.6 Å².